The van der Waals surface area contributed by atoms with Crippen molar-refractivity contribution >= 4 is 23.8 Å². The zero-order chi connectivity index (χ0) is 21.8. The third-order valence-corrected chi connectivity index (χ3v) is 8.76. The first-order valence-electron chi connectivity index (χ1n) is 11.0. The Bertz CT molecular complexity index is 816. The van der Waals surface area contributed by atoms with E-state index >= 15 is 0 Å². The quantitative estimate of drug-likeness (QED) is 0.579. The molecule has 7 heteroatoms. The summed E-state index contributed by atoms with van der Waals surface area (Å²) in [5.74, 6) is -2.57. The molecule has 4 rings (SSSR count). The van der Waals surface area contributed by atoms with E-state index in [0.717, 1.165) is 24.7 Å². The highest BCUT2D eigenvalue weighted by atomic mass is 16.4. The summed E-state index contributed by atoms with van der Waals surface area (Å²) in [5, 5.41) is 30.3. The molecule has 164 valence electrons. The molecule has 0 aromatic rings. The third kappa shape index (κ3) is 3.01. The van der Waals surface area contributed by atoms with Gasteiger partial charge in [0.1, 0.15) is 12.4 Å². The number of allylic oxidation sites excluding steroid dienone is 1. The van der Waals surface area contributed by atoms with E-state index in [1.54, 1.807) is 6.08 Å². The molecule has 7 nitrogen and oxygen atoms in total. The van der Waals surface area contributed by atoms with Gasteiger partial charge in [-0.05, 0) is 67.8 Å². The van der Waals surface area contributed by atoms with Crippen molar-refractivity contribution in [3.63, 3.8) is 0 Å². The second-order valence-corrected chi connectivity index (χ2v) is 10.0. The number of ketones is 2. The highest BCUT2D eigenvalue weighted by Gasteiger charge is 2.65. The Morgan fingerprint density at radius 1 is 1.27 bits per heavy atom. The SMILES string of the molecule is C[C@]12CCC(=O)C=C1CC[C@@H]1[C@@H]2[C@@H](O)C[C@]2(C=O)[C@@H](C(=O)C(O)CC(=O)O)CC[C@@H]12. The third-order valence-electron chi connectivity index (χ3n) is 8.76. The minimum Gasteiger partial charge on any atom is -0.481 e. The van der Waals surface area contributed by atoms with Crippen LogP contribution in [0.4, 0.5) is 0 Å². The minimum absolute atomic E-state index is 0.0590. The molecule has 0 bridgehead atoms. The number of aliphatic hydroxyl groups excluding tert-OH is 2. The van der Waals surface area contributed by atoms with Gasteiger partial charge in [-0.15, -0.1) is 0 Å². The molecular formula is C23H30O7. The molecule has 4 aliphatic rings. The van der Waals surface area contributed by atoms with E-state index in [-0.39, 0.29) is 35.4 Å². The van der Waals surface area contributed by atoms with Crippen molar-refractivity contribution < 1.29 is 34.5 Å². The zero-order valence-electron chi connectivity index (χ0n) is 17.3. The molecule has 0 heterocycles. The number of carbonyl (C=O) groups is 4. The maximum atomic E-state index is 12.9. The molecule has 3 fully saturated rings. The van der Waals surface area contributed by atoms with Crippen LogP contribution in [0.1, 0.15) is 58.3 Å². The fourth-order valence-corrected chi connectivity index (χ4v) is 7.51. The maximum Gasteiger partial charge on any atom is 0.306 e. The molecule has 8 atom stereocenters. The molecular weight excluding hydrogens is 388 g/mol. The molecule has 4 aliphatic carbocycles. The summed E-state index contributed by atoms with van der Waals surface area (Å²) in [7, 11) is 0. The van der Waals surface area contributed by atoms with E-state index in [1.807, 2.05) is 0 Å². The number of carbonyl (C=O) groups excluding carboxylic acids is 3. The van der Waals surface area contributed by atoms with Gasteiger partial charge in [-0.1, -0.05) is 12.5 Å². The predicted octanol–water partition coefficient (Wildman–Crippen LogP) is 1.69. The average molecular weight is 418 g/mol. The summed E-state index contributed by atoms with van der Waals surface area (Å²) in [6.45, 7) is 2.12. The van der Waals surface area contributed by atoms with Crippen LogP contribution in [0.25, 0.3) is 0 Å². The lowest BCUT2D eigenvalue weighted by Gasteiger charge is -2.59. The van der Waals surface area contributed by atoms with E-state index in [0.29, 0.717) is 25.7 Å². The van der Waals surface area contributed by atoms with E-state index in [2.05, 4.69) is 6.92 Å². The Kier molecular flexibility index (Phi) is 5.26. The highest BCUT2D eigenvalue weighted by molar-refractivity contribution is 5.92. The van der Waals surface area contributed by atoms with Gasteiger partial charge in [0.25, 0.3) is 0 Å². The Labute approximate surface area is 175 Å². The van der Waals surface area contributed by atoms with Gasteiger partial charge in [-0.3, -0.25) is 14.4 Å². The fraction of sp³-hybridized carbons (Fsp3) is 0.739. The number of Topliss-reactive ketones (excluding diaryl/α,β-unsaturated/α-hetero) is 1. The largest absolute Gasteiger partial charge is 0.481 e. The number of hydrogen-bond donors (Lipinski definition) is 3. The van der Waals surface area contributed by atoms with Gasteiger partial charge in [0, 0.05) is 17.8 Å². The number of rotatable bonds is 5. The topological polar surface area (TPSA) is 129 Å². The first-order chi connectivity index (χ1) is 14.1. The smallest absolute Gasteiger partial charge is 0.306 e. The summed E-state index contributed by atoms with van der Waals surface area (Å²) in [6, 6.07) is 0. The molecule has 0 saturated heterocycles. The van der Waals surface area contributed by atoms with E-state index in [9.17, 15) is 29.4 Å². The van der Waals surface area contributed by atoms with Crippen molar-refractivity contribution in [3.8, 4) is 0 Å². The summed E-state index contributed by atoms with van der Waals surface area (Å²) in [4.78, 5) is 48.2. The van der Waals surface area contributed by atoms with Crippen molar-refractivity contribution in [2.45, 2.75) is 70.5 Å². The van der Waals surface area contributed by atoms with E-state index < -0.39 is 41.7 Å². The normalized spacial score (nSPS) is 43.6. The number of carboxylic acid groups (broad SMARTS) is 1. The van der Waals surface area contributed by atoms with Crippen LogP contribution < -0.4 is 0 Å². The van der Waals surface area contributed by atoms with E-state index in [1.165, 1.54) is 0 Å². The first-order valence-corrected chi connectivity index (χ1v) is 11.0. The van der Waals surface area contributed by atoms with Crippen molar-refractivity contribution in [3.05, 3.63) is 11.6 Å². The van der Waals surface area contributed by atoms with Crippen molar-refractivity contribution in [1.82, 2.24) is 0 Å². The molecule has 0 aliphatic heterocycles. The van der Waals surface area contributed by atoms with Gasteiger partial charge in [0.15, 0.2) is 11.6 Å². The fourth-order valence-electron chi connectivity index (χ4n) is 7.51. The van der Waals surface area contributed by atoms with Crippen LogP contribution in [-0.4, -0.2) is 51.3 Å². The molecule has 0 radical (unpaired) electrons. The van der Waals surface area contributed by atoms with Crippen LogP contribution in [0.2, 0.25) is 0 Å². The standard InChI is InChI=1S/C23H30O7/c1-22-7-6-13(25)8-12(22)2-3-14-15-4-5-16(21(30)17(26)9-19(28)29)23(15,11-24)10-18(27)20(14)22/h8,11,14-18,20,26-27H,2-7,9-10H2,1H3,(H,28,29)/t14-,15-,16+,17?,18-,20+,22-,23+/m0/s1. The van der Waals surface area contributed by atoms with Gasteiger partial charge in [-0.25, -0.2) is 0 Å². The lowest BCUT2D eigenvalue weighted by atomic mass is 9.45. The molecule has 3 saturated carbocycles. The number of aliphatic hydroxyl groups is 2. The predicted molar refractivity (Wildman–Crippen MR) is 105 cm³/mol. The minimum atomic E-state index is -1.64. The van der Waals surface area contributed by atoms with Gasteiger partial charge in [0.05, 0.1) is 12.5 Å². The van der Waals surface area contributed by atoms with E-state index in [4.69, 9.17) is 5.11 Å². The Morgan fingerprint density at radius 3 is 2.67 bits per heavy atom. The van der Waals surface area contributed by atoms with Crippen molar-refractivity contribution in [1.29, 1.82) is 0 Å². The van der Waals surface area contributed by atoms with Crippen molar-refractivity contribution in [2.75, 3.05) is 0 Å². The van der Waals surface area contributed by atoms with Crippen LogP contribution in [0.5, 0.6) is 0 Å². The summed E-state index contributed by atoms with van der Waals surface area (Å²) in [5.41, 5.74) is -0.241. The average Bonchev–Trinajstić information content (AvgIpc) is 3.06. The Balaban J connectivity index is 1.67. The lowest BCUT2D eigenvalue weighted by Crippen LogP contribution is -2.58. The summed E-state index contributed by atoms with van der Waals surface area (Å²) in [6.07, 6.45) is 3.33. The molecule has 0 aromatic heterocycles. The second-order valence-electron chi connectivity index (χ2n) is 10.0. The number of carboxylic acids is 1. The number of aldehydes is 1. The van der Waals surface area contributed by atoms with Gasteiger partial charge >= 0.3 is 5.97 Å². The molecule has 0 spiro atoms. The molecule has 0 amide bonds. The first kappa shape index (κ1) is 21.4. The second kappa shape index (κ2) is 7.38. The zero-order valence-corrected chi connectivity index (χ0v) is 17.3. The van der Waals surface area contributed by atoms with Gasteiger partial charge in [0.2, 0.25) is 0 Å². The lowest BCUT2D eigenvalue weighted by molar-refractivity contribution is -0.160. The molecule has 3 N–H and O–H groups in total. The molecule has 30 heavy (non-hydrogen) atoms. The van der Waals surface area contributed by atoms with Crippen LogP contribution in [-0.2, 0) is 19.2 Å². The molecule has 0 aromatic carbocycles. The number of hydrogen-bond acceptors (Lipinski definition) is 6. The van der Waals surface area contributed by atoms with Gasteiger partial charge < -0.3 is 20.1 Å². The Morgan fingerprint density at radius 2 is 2.00 bits per heavy atom. The van der Waals surface area contributed by atoms with Crippen molar-refractivity contribution in [2.24, 2.45) is 34.5 Å². The Hall–Kier alpha value is -1.86. The van der Waals surface area contributed by atoms with Crippen LogP contribution >= 0.6 is 0 Å². The van der Waals surface area contributed by atoms with Crippen LogP contribution in [0, 0.1) is 34.5 Å². The molecule has 1 unspecified atom stereocenters. The van der Waals surface area contributed by atoms with Crippen LogP contribution in [0.3, 0.4) is 0 Å². The van der Waals surface area contributed by atoms with Crippen LogP contribution in [0.15, 0.2) is 11.6 Å². The van der Waals surface area contributed by atoms with Gasteiger partial charge in [-0.2, -0.15) is 0 Å². The monoisotopic (exact) mass is 418 g/mol. The summed E-state index contributed by atoms with van der Waals surface area (Å²) < 4.78 is 0. The maximum absolute atomic E-state index is 12.9. The number of aliphatic carboxylic acids is 1. The summed E-state index contributed by atoms with van der Waals surface area (Å²) >= 11 is 0. The highest BCUT2D eigenvalue weighted by Crippen LogP contribution is 2.66. The number of fused-ring (bicyclic) bond motifs is 5.